The number of aliphatic hydroxyl groups excluding tert-OH is 1. The largest absolute Gasteiger partial charge is 0.389 e. The van der Waals surface area contributed by atoms with E-state index in [4.69, 9.17) is 0 Å². The van der Waals surface area contributed by atoms with Crippen molar-refractivity contribution >= 4 is 0 Å². The second-order valence-electron chi connectivity index (χ2n) is 6.54. The fourth-order valence-corrected chi connectivity index (χ4v) is 4.95. The monoisotopic (exact) mass is 242 g/mol. The summed E-state index contributed by atoms with van der Waals surface area (Å²) in [5.41, 5.74) is 3.32. The van der Waals surface area contributed by atoms with Crippen LogP contribution in [0.5, 0.6) is 0 Å². The van der Waals surface area contributed by atoms with Crippen LogP contribution in [0, 0.1) is 23.7 Å². The molecule has 2 saturated carbocycles. The van der Waals surface area contributed by atoms with Crippen molar-refractivity contribution in [1.82, 2.24) is 0 Å². The Balaban J connectivity index is 1.64. The summed E-state index contributed by atoms with van der Waals surface area (Å²) in [6, 6.07) is 0. The Hall–Kier alpha value is -0.820. The fourth-order valence-electron chi connectivity index (χ4n) is 4.95. The van der Waals surface area contributed by atoms with E-state index < -0.39 is 0 Å². The van der Waals surface area contributed by atoms with Crippen LogP contribution in [0.2, 0.25) is 0 Å². The highest BCUT2D eigenvalue weighted by Gasteiger charge is 2.43. The summed E-state index contributed by atoms with van der Waals surface area (Å²) < 4.78 is 0. The Kier molecular flexibility index (Phi) is 2.51. The van der Waals surface area contributed by atoms with Crippen LogP contribution in [0.25, 0.3) is 0 Å². The van der Waals surface area contributed by atoms with Gasteiger partial charge in [-0.3, -0.25) is 0 Å². The first-order valence-electron chi connectivity index (χ1n) is 7.60. The molecule has 5 unspecified atom stereocenters. The molecule has 0 aromatic heterocycles. The first-order valence-corrected chi connectivity index (χ1v) is 7.60. The highest BCUT2D eigenvalue weighted by molar-refractivity contribution is 5.34. The molecular weight excluding hydrogens is 220 g/mol. The molecule has 4 aliphatic carbocycles. The molecule has 1 nitrogen and oxygen atoms in total. The van der Waals surface area contributed by atoms with Gasteiger partial charge in [-0.1, -0.05) is 35.5 Å². The van der Waals surface area contributed by atoms with Gasteiger partial charge in [-0.2, -0.15) is 0 Å². The SMILES string of the molecule is OC1C=C2CCC3C4=CC=CC4CCC3C2CC1. The van der Waals surface area contributed by atoms with Crippen molar-refractivity contribution in [3.05, 3.63) is 35.5 Å². The second kappa shape index (κ2) is 4.09. The topological polar surface area (TPSA) is 20.2 Å². The van der Waals surface area contributed by atoms with Gasteiger partial charge in [0.2, 0.25) is 0 Å². The molecule has 0 radical (unpaired) electrons. The van der Waals surface area contributed by atoms with Crippen LogP contribution >= 0.6 is 0 Å². The third-order valence-corrected chi connectivity index (χ3v) is 5.73. The number of rotatable bonds is 0. The lowest BCUT2D eigenvalue weighted by molar-refractivity contribution is 0.125. The normalized spacial score (nSPS) is 45.7. The molecule has 4 aliphatic rings. The average Bonchev–Trinajstić information content (AvgIpc) is 2.86. The van der Waals surface area contributed by atoms with Gasteiger partial charge in [0.1, 0.15) is 0 Å². The first kappa shape index (κ1) is 11.0. The Labute approximate surface area is 109 Å². The molecule has 0 aromatic carbocycles. The summed E-state index contributed by atoms with van der Waals surface area (Å²) in [4.78, 5) is 0. The molecule has 1 N–H and O–H groups in total. The van der Waals surface area contributed by atoms with Crippen LogP contribution in [0.1, 0.15) is 38.5 Å². The molecule has 4 rings (SSSR count). The van der Waals surface area contributed by atoms with Gasteiger partial charge in [0, 0.05) is 0 Å². The van der Waals surface area contributed by atoms with Crippen LogP contribution < -0.4 is 0 Å². The lowest BCUT2D eigenvalue weighted by atomic mass is 9.58. The zero-order chi connectivity index (χ0) is 12.1. The molecular formula is C17H22O. The van der Waals surface area contributed by atoms with E-state index in [0.717, 1.165) is 30.1 Å². The summed E-state index contributed by atoms with van der Waals surface area (Å²) in [6.07, 6.45) is 16.6. The number of hydrogen-bond donors (Lipinski definition) is 1. The molecule has 0 amide bonds. The summed E-state index contributed by atoms with van der Waals surface area (Å²) in [7, 11) is 0. The predicted octanol–water partition coefficient (Wildman–Crippen LogP) is 3.62. The van der Waals surface area contributed by atoms with E-state index in [1.54, 1.807) is 11.1 Å². The minimum absolute atomic E-state index is 0.156. The van der Waals surface area contributed by atoms with Crippen molar-refractivity contribution in [2.24, 2.45) is 23.7 Å². The lowest BCUT2D eigenvalue weighted by Crippen LogP contribution is -2.38. The smallest absolute Gasteiger partial charge is 0.0723 e. The van der Waals surface area contributed by atoms with Gasteiger partial charge in [0.05, 0.1) is 6.10 Å². The highest BCUT2D eigenvalue weighted by Crippen LogP contribution is 2.53. The number of fused-ring (bicyclic) bond motifs is 5. The zero-order valence-electron chi connectivity index (χ0n) is 10.9. The highest BCUT2D eigenvalue weighted by atomic mass is 16.3. The standard InChI is InChI=1S/C17H22O/c18-13-6-9-15-12(10-13)5-8-16-14-3-1-2-11(14)4-7-17(15)16/h1-3,10-11,13,15-18H,4-9H2. The molecule has 0 aromatic rings. The van der Waals surface area contributed by atoms with E-state index in [2.05, 4.69) is 24.3 Å². The Morgan fingerprint density at radius 1 is 1.00 bits per heavy atom. The van der Waals surface area contributed by atoms with Gasteiger partial charge in [-0.15, -0.1) is 0 Å². The molecule has 2 fully saturated rings. The molecule has 96 valence electrons. The van der Waals surface area contributed by atoms with Gasteiger partial charge in [0.15, 0.2) is 0 Å². The lowest BCUT2D eigenvalue weighted by Gasteiger charge is -2.47. The van der Waals surface area contributed by atoms with Crippen molar-refractivity contribution in [1.29, 1.82) is 0 Å². The Bertz CT molecular complexity index is 443. The second-order valence-corrected chi connectivity index (χ2v) is 6.54. The minimum atomic E-state index is -0.156. The maximum Gasteiger partial charge on any atom is 0.0723 e. The molecule has 0 bridgehead atoms. The molecule has 5 atom stereocenters. The third-order valence-electron chi connectivity index (χ3n) is 5.73. The van der Waals surface area contributed by atoms with Crippen LogP contribution in [0.4, 0.5) is 0 Å². The quantitative estimate of drug-likeness (QED) is 0.643. The predicted molar refractivity (Wildman–Crippen MR) is 73.0 cm³/mol. The summed E-state index contributed by atoms with van der Waals surface area (Å²) >= 11 is 0. The van der Waals surface area contributed by atoms with E-state index in [-0.39, 0.29) is 6.10 Å². The number of allylic oxidation sites excluding steroid dienone is 5. The Morgan fingerprint density at radius 2 is 1.94 bits per heavy atom. The van der Waals surface area contributed by atoms with E-state index >= 15 is 0 Å². The van der Waals surface area contributed by atoms with Crippen LogP contribution in [0.15, 0.2) is 35.5 Å². The maximum atomic E-state index is 9.80. The summed E-state index contributed by atoms with van der Waals surface area (Å²) in [6.45, 7) is 0. The molecule has 18 heavy (non-hydrogen) atoms. The van der Waals surface area contributed by atoms with Crippen molar-refractivity contribution in [2.75, 3.05) is 0 Å². The van der Waals surface area contributed by atoms with Gasteiger partial charge in [0.25, 0.3) is 0 Å². The number of hydrogen-bond acceptors (Lipinski definition) is 1. The average molecular weight is 242 g/mol. The minimum Gasteiger partial charge on any atom is -0.389 e. The molecule has 0 heterocycles. The van der Waals surface area contributed by atoms with Crippen LogP contribution in [0.3, 0.4) is 0 Å². The summed E-state index contributed by atoms with van der Waals surface area (Å²) in [5, 5.41) is 9.80. The van der Waals surface area contributed by atoms with Crippen molar-refractivity contribution < 1.29 is 5.11 Å². The Morgan fingerprint density at radius 3 is 2.89 bits per heavy atom. The summed E-state index contributed by atoms with van der Waals surface area (Å²) in [5.74, 6) is 3.27. The van der Waals surface area contributed by atoms with E-state index in [1.807, 2.05) is 0 Å². The van der Waals surface area contributed by atoms with E-state index in [0.29, 0.717) is 0 Å². The van der Waals surface area contributed by atoms with Crippen molar-refractivity contribution in [2.45, 2.75) is 44.6 Å². The number of aliphatic hydroxyl groups is 1. The van der Waals surface area contributed by atoms with Gasteiger partial charge >= 0.3 is 0 Å². The maximum absolute atomic E-state index is 9.80. The first-order chi connectivity index (χ1) is 8.83. The van der Waals surface area contributed by atoms with Gasteiger partial charge in [-0.25, -0.2) is 0 Å². The van der Waals surface area contributed by atoms with Crippen molar-refractivity contribution in [3.63, 3.8) is 0 Å². The zero-order valence-corrected chi connectivity index (χ0v) is 10.9. The molecule has 0 spiro atoms. The third kappa shape index (κ3) is 1.56. The van der Waals surface area contributed by atoms with Crippen LogP contribution in [-0.2, 0) is 0 Å². The fraction of sp³-hybridized carbons (Fsp3) is 0.647. The molecule has 0 saturated heterocycles. The molecule has 1 heteroatoms. The van der Waals surface area contributed by atoms with Crippen LogP contribution in [-0.4, -0.2) is 11.2 Å². The van der Waals surface area contributed by atoms with Crippen molar-refractivity contribution in [3.8, 4) is 0 Å². The van der Waals surface area contributed by atoms with E-state index in [1.165, 1.54) is 32.1 Å². The van der Waals surface area contributed by atoms with E-state index in [9.17, 15) is 5.11 Å². The molecule has 0 aliphatic heterocycles. The van der Waals surface area contributed by atoms with Gasteiger partial charge in [-0.05, 0) is 62.2 Å². The van der Waals surface area contributed by atoms with Gasteiger partial charge < -0.3 is 5.11 Å².